The minimum Gasteiger partial charge on any atom is -0.323 e. The number of hydrogen-bond donors (Lipinski definition) is 2. The van der Waals surface area contributed by atoms with Crippen LogP contribution in [0.15, 0.2) is 77.7 Å². The molecule has 0 aliphatic heterocycles. The second kappa shape index (κ2) is 9.34. The van der Waals surface area contributed by atoms with Gasteiger partial charge in [0, 0.05) is 11.8 Å². The van der Waals surface area contributed by atoms with Gasteiger partial charge in [-0.05, 0) is 55.0 Å². The Kier molecular flexibility index (Phi) is 6.82. The Hall–Kier alpha value is -2.80. The molecule has 3 aromatic carbocycles. The minimum atomic E-state index is -3.87. The quantitative estimate of drug-likeness (QED) is 0.459. The van der Waals surface area contributed by atoms with E-state index in [1.54, 1.807) is 18.2 Å². The zero-order valence-electron chi connectivity index (χ0n) is 15.9. The SMILES string of the molecule is Cc1ccc(C=CC(=O)Nc2ccc(S(=O)(=O)Nc3cccc(Cl)c3Cl)cc2)cc1. The third-order valence-electron chi connectivity index (χ3n) is 4.13. The molecule has 0 aromatic heterocycles. The molecule has 0 saturated carbocycles. The van der Waals surface area contributed by atoms with Crippen LogP contribution in [-0.2, 0) is 14.8 Å². The van der Waals surface area contributed by atoms with Crippen molar-refractivity contribution in [2.75, 3.05) is 10.0 Å². The van der Waals surface area contributed by atoms with Gasteiger partial charge in [0.2, 0.25) is 5.91 Å². The first-order chi connectivity index (χ1) is 14.2. The molecule has 3 rings (SSSR count). The summed E-state index contributed by atoms with van der Waals surface area (Å²) in [5, 5.41) is 3.05. The van der Waals surface area contributed by atoms with Gasteiger partial charge in [-0.15, -0.1) is 0 Å². The van der Waals surface area contributed by atoms with Crippen LogP contribution in [0.25, 0.3) is 6.08 Å². The number of hydrogen-bond acceptors (Lipinski definition) is 3. The molecule has 0 bridgehead atoms. The molecule has 0 atom stereocenters. The predicted molar refractivity (Wildman–Crippen MR) is 123 cm³/mol. The third-order valence-corrected chi connectivity index (χ3v) is 6.33. The number of anilines is 2. The highest BCUT2D eigenvalue weighted by Gasteiger charge is 2.16. The maximum atomic E-state index is 12.6. The van der Waals surface area contributed by atoms with Crippen LogP contribution < -0.4 is 10.0 Å². The number of benzene rings is 3. The van der Waals surface area contributed by atoms with Crippen molar-refractivity contribution in [3.8, 4) is 0 Å². The van der Waals surface area contributed by atoms with Crippen LogP contribution in [0.1, 0.15) is 11.1 Å². The van der Waals surface area contributed by atoms with E-state index in [9.17, 15) is 13.2 Å². The summed E-state index contributed by atoms with van der Waals surface area (Å²) in [5.41, 5.74) is 2.69. The number of carbonyl (C=O) groups is 1. The number of aryl methyl sites for hydroxylation is 1. The third kappa shape index (κ3) is 5.63. The highest BCUT2D eigenvalue weighted by Crippen LogP contribution is 2.31. The van der Waals surface area contributed by atoms with E-state index in [-0.39, 0.29) is 26.5 Å². The van der Waals surface area contributed by atoms with Crippen LogP contribution >= 0.6 is 23.2 Å². The van der Waals surface area contributed by atoms with E-state index in [1.165, 1.54) is 36.4 Å². The summed E-state index contributed by atoms with van der Waals surface area (Å²) >= 11 is 12.0. The Morgan fingerprint density at radius 2 is 1.60 bits per heavy atom. The molecule has 0 fully saturated rings. The number of rotatable bonds is 6. The fourth-order valence-electron chi connectivity index (χ4n) is 2.54. The molecular weight excluding hydrogens is 443 g/mol. The Morgan fingerprint density at radius 1 is 0.933 bits per heavy atom. The summed E-state index contributed by atoms with van der Waals surface area (Å²) in [7, 11) is -3.87. The maximum absolute atomic E-state index is 12.6. The summed E-state index contributed by atoms with van der Waals surface area (Å²) in [6.45, 7) is 1.99. The molecule has 0 aliphatic rings. The molecule has 0 spiro atoms. The van der Waals surface area contributed by atoms with Gasteiger partial charge < -0.3 is 5.32 Å². The number of carbonyl (C=O) groups excluding carboxylic acids is 1. The molecule has 0 aliphatic carbocycles. The summed E-state index contributed by atoms with van der Waals surface area (Å²) in [6, 6.07) is 18.2. The normalized spacial score (nSPS) is 11.4. The molecule has 5 nitrogen and oxygen atoms in total. The fourth-order valence-corrected chi connectivity index (χ4v) is 4.01. The van der Waals surface area contributed by atoms with E-state index in [0.717, 1.165) is 11.1 Å². The van der Waals surface area contributed by atoms with E-state index >= 15 is 0 Å². The average Bonchev–Trinajstić information content (AvgIpc) is 2.71. The Bertz CT molecular complexity index is 1190. The number of halogens is 2. The van der Waals surface area contributed by atoms with Gasteiger partial charge in [-0.1, -0.05) is 59.1 Å². The Labute approximate surface area is 185 Å². The van der Waals surface area contributed by atoms with Crippen LogP contribution in [0.2, 0.25) is 10.0 Å². The molecule has 8 heteroatoms. The Balaban J connectivity index is 1.67. The molecule has 0 unspecified atom stereocenters. The molecule has 3 aromatic rings. The standard InChI is InChI=1S/C22H18Cl2N2O3S/c1-15-5-7-16(8-6-15)9-14-21(27)25-17-10-12-18(13-11-17)30(28,29)26-20-4-2-3-19(23)22(20)24/h2-14,26H,1H3,(H,25,27). The molecule has 2 N–H and O–H groups in total. The van der Waals surface area contributed by atoms with Gasteiger partial charge in [0.1, 0.15) is 0 Å². The van der Waals surface area contributed by atoms with E-state index in [2.05, 4.69) is 10.0 Å². The lowest BCUT2D eigenvalue weighted by Crippen LogP contribution is -2.13. The monoisotopic (exact) mass is 460 g/mol. The minimum absolute atomic E-state index is 0.0201. The van der Waals surface area contributed by atoms with Crippen molar-refractivity contribution in [2.24, 2.45) is 0 Å². The predicted octanol–water partition coefficient (Wildman–Crippen LogP) is 5.75. The zero-order valence-corrected chi connectivity index (χ0v) is 18.2. The second-order valence-corrected chi connectivity index (χ2v) is 8.93. The van der Waals surface area contributed by atoms with Crippen molar-refractivity contribution in [3.05, 3.63) is 94.0 Å². The summed E-state index contributed by atoms with van der Waals surface area (Å²) in [5.74, 6) is -0.324. The lowest BCUT2D eigenvalue weighted by molar-refractivity contribution is -0.111. The van der Waals surface area contributed by atoms with Crippen LogP contribution in [-0.4, -0.2) is 14.3 Å². The van der Waals surface area contributed by atoms with Gasteiger partial charge in [-0.3, -0.25) is 9.52 Å². The van der Waals surface area contributed by atoms with Gasteiger partial charge in [0.05, 0.1) is 20.6 Å². The van der Waals surface area contributed by atoms with Crippen molar-refractivity contribution in [1.82, 2.24) is 0 Å². The Morgan fingerprint density at radius 3 is 2.27 bits per heavy atom. The van der Waals surface area contributed by atoms with Gasteiger partial charge >= 0.3 is 0 Å². The summed E-state index contributed by atoms with van der Waals surface area (Å²) in [4.78, 5) is 12.1. The van der Waals surface area contributed by atoms with E-state index < -0.39 is 10.0 Å². The van der Waals surface area contributed by atoms with Crippen molar-refractivity contribution in [2.45, 2.75) is 11.8 Å². The van der Waals surface area contributed by atoms with Crippen molar-refractivity contribution in [1.29, 1.82) is 0 Å². The maximum Gasteiger partial charge on any atom is 0.261 e. The van der Waals surface area contributed by atoms with Crippen LogP contribution in [0.3, 0.4) is 0 Å². The first kappa shape index (κ1) is 21.9. The van der Waals surface area contributed by atoms with Crippen LogP contribution in [0.5, 0.6) is 0 Å². The number of sulfonamides is 1. The van der Waals surface area contributed by atoms with E-state index in [0.29, 0.717) is 5.69 Å². The summed E-state index contributed by atoms with van der Waals surface area (Å²) < 4.78 is 27.5. The highest BCUT2D eigenvalue weighted by atomic mass is 35.5. The smallest absolute Gasteiger partial charge is 0.261 e. The first-order valence-corrected chi connectivity index (χ1v) is 11.1. The van der Waals surface area contributed by atoms with Gasteiger partial charge in [0.15, 0.2) is 0 Å². The molecule has 1 amide bonds. The van der Waals surface area contributed by atoms with Crippen molar-refractivity contribution < 1.29 is 13.2 Å². The largest absolute Gasteiger partial charge is 0.323 e. The molecule has 30 heavy (non-hydrogen) atoms. The number of amides is 1. The highest BCUT2D eigenvalue weighted by molar-refractivity contribution is 7.92. The lowest BCUT2D eigenvalue weighted by atomic mass is 10.1. The average molecular weight is 461 g/mol. The van der Waals surface area contributed by atoms with E-state index in [1.807, 2.05) is 31.2 Å². The second-order valence-electron chi connectivity index (χ2n) is 6.46. The molecule has 154 valence electrons. The summed E-state index contributed by atoms with van der Waals surface area (Å²) in [6.07, 6.45) is 3.12. The lowest BCUT2D eigenvalue weighted by Gasteiger charge is -2.11. The molecule has 0 radical (unpaired) electrons. The molecular formula is C22H18Cl2N2O3S. The zero-order chi connectivity index (χ0) is 21.7. The van der Waals surface area contributed by atoms with E-state index in [4.69, 9.17) is 23.2 Å². The van der Waals surface area contributed by atoms with Crippen molar-refractivity contribution >= 4 is 56.6 Å². The number of nitrogens with one attached hydrogen (secondary N) is 2. The molecule has 0 heterocycles. The fraction of sp³-hybridized carbons (Fsp3) is 0.0455. The topological polar surface area (TPSA) is 75.3 Å². The molecule has 0 saturated heterocycles. The van der Waals surface area contributed by atoms with Gasteiger partial charge in [-0.2, -0.15) is 0 Å². The first-order valence-electron chi connectivity index (χ1n) is 8.87. The van der Waals surface area contributed by atoms with Gasteiger partial charge in [-0.25, -0.2) is 8.42 Å². The van der Waals surface area contributed by atoms with Crippen molar-refractivity contribution in [3.63, 3.8) is 0 Å². The van der Waals surface area contributed by atoms with Crippen LogP contribution in [0, 0.1) is 6.92 Å². The van der Waals surface area contributed by atoms with Crippen LogP contribution in [0.4, 0.5) is 11.4 Å². The van der Waals surface area contributed by atoms with Gasteiger partial charge in [0.25, 0.3) is 10.0 Å².